The quantitative estimate of drug-likeness (QED) is 0.593. The summed E-state index contributed by atoms with van der Waals surface area (Å²) in [6.45, 7) is 0. The molecule has 2 aromatic heterocycles. The topological polar surface area (TPSA) is 104 Å². The summed E-state index contributed by atoms with van der Waals surface area (Å²) < 4.78 is 1.88. The van der Waals surface area contributed by atoms with Crippen LogP contribution in [0.15, 0.2) is 61.2 Å². The third kappa shape index (κ3) is 3.51. The molecule has 7 nitrogen and oxygen atoms in total. The summed E-state index contributed by atoms with van der Waals surface area (Å²) in [5, 5.41) is 19.2. The number of anilines is 1. The van der Waals surface area contributed by atoms with E-state index in [4.69, 9.17) is 5.41 Å². The molecular weight excluding hydrogens is 330 g/mol. The Kier molecular flexibility index (Phi) is 4.89. The van der Waals surface area contributed by atoms with Gasteiger partial charge in [-0.1, -0.05) is 12.1 Å². The van der Waals surface area contributed by atoms with Crippen molar-refractivity contribution in [3.05, 3.63) is 66.8 Å². The number of aromatic nitrogens is 3. The van der Waals surface area contributed by atoms with E-state index in [1.807, 2.05) is 35.9 Å². The van der Waals surface area contributed by atoms with E-state index in [0.717, 1.165) is 16.9 Å². The minimum Gasteiger partial charge on any atom is -0.478 e. The van der Waals surface area contributed by atoms with E-state index < -0.39 is 5.97 Å². The molecule has 1 aromatic carbocycles. The number of nitrogens with one attached hydrogen (secondary N) is 2. The molecule has 0 radical (unpaired) electrons. The lowest BCUT2D eigenvalue weighted by atomic mass is 10.1. The number of carboxylic acid groups (broad SMARTS) is 1. The summed E-state index contributed by atoms with van der Waals surface area (Å²) >= 11 is 0. The molecule has 0 amide bonds. The zero-order chi connectivity index (χ0) is 18.5. The molecule has 0 saturated carbocycles. The van der Waals surface area contributed by atoms with Gasteiger partial charge in [0.05, 0.1) is 23.3 Å². The Morgan fingerprint density at radius 2 is 2.00 bits per heavy atom. The van der Waals surface area contributed by atoms with E-state index in [1.54, 1.807) is 18.6 Å². The molecule has 0 saturated heterocycles. The Labute approximate surface area is 150 Å². The van der Waals surface area contributed by atoms with Crippen molar-refractivity contribution in [2.24, 2.45) is 7.05 Å². The number of pyridine rings is 1. The van der Waals surface area contributed by atoms with Crippen molar-refractivity contribution >= 4 is 17.9 Å². The Morgan fingerprint density at radius 3 is 2.69 bits per heavy atom. The SMILES string of the molecule is Cn1cnc(-c2cc(C(=O)O)ccn2)c1-c1ccc(N/C=C\C=N)cc1. The van der Waals surface area contributed by atoms with Crippen LogP contribution in [-0.2, 0) is 7.05 Å². The van der Waals surface area contributed by atoms with Gasteiger partial charge in [0.15, 0.2) is 0 Å². The van der Waals surface area contributed by atoms with Crippen molar-refractivity contribution in [1.29, 1.82) is 5.41 Å². The van der Waals surface area contributed by atoms with Crippen molar-refractivity contribution in [3.8, 4) is 22.6 Å². The van der Waals surface area contributed by atoms with Gasteiger partial charge in [0.1, 0.15) is 5.69 Å². The van der Waals surface area contributed by atoms with Gasteiger partial charge >= 0.3 is 5.97 Å². The van der Waals surface area contributed by atoms with Crippen LogP contribution in [0.5, 0.6) is 0 Å². The van der Waals surface area contributed by atoms with Crippen LogP contribution in [0.1, 0.15) is 10.4 Å². The van der Waals surface area contributed by atoms with Gasteiger partial charge in [0.2, 0.25) is 0 Å². The van der Waals surface area contributed by atoms with E-state index in [9.17, 15) is 9.90 Å². The fourth-order valence-electron chi connectivity index (χ4n) is 2.57. The third-order valence-electron chi connectivity index (χ3n) is 3.79. The van der Waals surface area contributed by atoms with Crippen LogP contribution in [0, 0.1) is 5.41 Å². The Balaban J connectivity index is 1.98. The highest BCUT2D eigenvalue weighted by molar-refractivity contribution is 5.89. The molecule has 2 heterocycles. The lowest BCUT2D eigenvalue weighted by Crippen LogP contribution is -1.98. The average molecular weight is 347 g/mol. The fraction of sp³-hybridized carbons (Fsp3) is 0.0526. The number of nitrogens with zero attached hydrogens (tertiary/aromatic N) is 3. The maximum absolute atomic E-state index is 11.2. The van der Waals surface area contributed by atoms with Gasteiger partial charge in [-0.15, -0.1) is 0 Å². The zero-order valence-corrected chi connectivity index (χ0v) is 14.0. The Hall–Kier alpha value is -3.74. The van der Waals surface area contributed by atoms with E-state index in [0.29, 0.717) is 11.4 Å². The molecule has 0 atom stereocenters. The molecule has 0 aliphatic carbocycles. The van der Waals surface area contributed by atoms with Gasteiger partial charge in [-0.05, 0) is 30.3 Å². The van der Waals surface area contributed by atoms with Gasteiger partial charge in [0, 0.05) is 36.9 Å². The standard InChI is InChI=1S/C19H17N5O2/c1-24-12-23-17(16-11-14(19(25)26)7-10-22-16)18(24)13-3-5-15(6-4-13)21-9-2-8-20/h2-12,20-21H,1H3,(H,25,26)/b9-2-,20-8?. The van der Waals surface area contributed by atoms with E-state index >= 15 is 0 Å². The number of allylic oxidation sites excluding steroid dienone is 1. The summed E-state index contributed by atoms with van der Waals surface area (Å²) in [6.07, 6.45) is 7.62. The number of benzene rings is 1. The lowest BCUT2D eigenvalue weighted by molar-refractivity contribution is 0.0697. The smallest absolute Gasteiger partial charge is 0.335 e. The highest BCUT2D eigenvalue weighted by atomic mass is 16.4. The first-order valence-corrected chi connectivity index (χ1v) is 7.84. The van der Waals surface area contributed by atoms with Crippen LogP contribution < -0.4 is 5.32 Å². The minimum absolute atomic E-state index is 0.170. The molecule has 0 spiro atoms. The van der Waals surface area contributed by atoms with Crippen LogP contribution in [-0.4, -0.2) is 31.8 Å². The first-order valence-electron chi connectivity index (χ1n) is 7.84. The van der Waals surface area contributed by atoms with Crippen LogP contribution in [0.2, 0.25) is 0 Å². The maximum Gasteiger partial charge on any atom is 0.335 e. The van der Waals surface area contributed by atoms with Crippen molar-refractivity contribution in [3.63, 3.8) is 0 Å². The Bertz CT molecular complexity index is 974. The molecule has 0 aliphatic rings. The first-order chi connectivity index (χ1) is 12.6. The second-order valence-corrected chi connectivity index (χ2v) is 5.54. The largest absolute Gasteiger partial charge is 0.478 e. The maximum atomic E-state index is 11.2. The van der Waals surface area contributed by atoms with Gasteiger partial charge in [-0.2, -0.15) is 0 Å². The van der Waals surface area contributed by atoms with Crippen molar-refractivity contribution in [2.75, 3.05) is 5.32 Å². The zero-order valence-electron chi connectivity index (χ0n) is 14.0. The van der Waals surface area contributed by atoms with Crippen LogP contribution in [0.25, 0.3) is 22.6 Å². The van der Waals surface area contributed by atoms with E-state index in [2.05, 4.69) is 15.3 Å². The summed E-state index contributed by atoms with van der Waals surface area (Å²) in [5.74, 6) is -1.00. The van der Waals surface area contributed by atoms with Gasteiger partial charge in [0.25, 0.3) is 0 Å². The van der Waals surface area contributed by atoms with Crippen LogP contribution in [0.3, 0.4) is 0 Å². The molecule has 0 fully saturated rings. The molecule has 0 unspecified atom stereocenters. The number of rotatable bonds is 6. The number of aryl methyl sites for hydroxylation is 1. The molecule has 0 bridgehead atoms. The van der Waals surface area contributed by atoms with Gasteiger partial charge < -0.3 is 20.4 Å². The van der Waals surface area contributed by atoms with Gasteiger partial charge in [-0.25, -0.2) is 9.78 Å². The second kappa shape index (κ2) is 7.43. The van der Waals surface area contributed by atoms with Gasteiger partial charge in [-0.3, -0.25) is 4.98 Å². The summed E-state index contributed by atoms with van der Waals surface area (Å²) in [4.78, 5) is 19.9. The normalized spacial score (nSPS) is 10.8. The van der Waals surface area contributed by atoms with E-state index in [-0.39, 0.29) is 5.56 Å². The molecular formula is C19H17N5O2. The number of hydrogen-bond acceptors (Lipinski definition) is 5. The molecule has 3 rings (SSSR count). The number of carbonyl (C=O) groups is 1. The van der Waals surface area contributed by atoms with Crippen LogP contribution in [0.4, 0.5) is 5.69 Å². The van der Waals surface area contributed by atoms with E-state index in [1.165, 1.54) is 24.5 Å². The highest BCUT2D eigenvalue weighted by Crippen LogP contribution is 2.30. The summed E-state index contributed by atoms with van der Waals surface area (Å²) in [5.41, 5.74) is 3.98. The molecule has 130 valence electrons. The first kappa shape index (κ1) is 17.1. The number of imidazole rings is 1. The molecule has 7 heteroatoms. The minimum atomic E-state index is -1.00. The Morgan fingerprint density at radius 1 is 1.23 bits per heavy atom. The fourth-order valence-corrected chi connectivity index (χ4v) is 2.57. The molecule has 26 heavy (non-hydrogen) atoms. The second-order valence-electron chi connectivity index (χ2n) is 5.54. The number of carboxylic acids is 1. The predicted octanol–water partition coefficient (Wildman–Crippen LogP) is 3.42. The average Bonchev–Trinajstić information content (AvgIpc) is 3.04. The monoisotopic (exact) mass is 347 g/mol. The predicted molar refractivity (Wildman–Crippen MR) is 100 cm³/mol. The lowest BCUT2D eigenvalue weighted by Gasteiger charge is -2.08. The highest BCUT2D eigenvalue weighted by Gasteiger charge is 2.16. The molecule has 3 N–H and O–H groups in total. The number of aromatic carboxylic acids is 1. The molecule has 3 aromatic rings. The summed E-state index contributed by atoms with van der Waals surface area (Å²) in [7, 11) is 1.88. The molecule has 0 aliphatic heterocycles. The summed E-state index contributed by atoms with van der Waals surface area (Å²) in [6, 6.07) is 10.7. The van der Waals surface area contributed by atoms with Crippen molar-refractivity contribution in [1.82, 2.24) is 14.5 Å². The van der Waals surface area contributed by atoms with Crippen molar-refractivity contribution in [2.45, 2.75) is 0 Å². The number of hydrogen-bond donors (Lipinski definition) is 3. The van der Waals surface area contributed by atoms with Crippen LogP contribution >= 0.6 is 0 Å². The van der Waals surface area contributed by atoms with Crippen molar-refractivity contribution < 1.29 is 9.90 Å². The third-order valence-corrected chi connectivity index (χ3v) is 3.79.